The SMILES string of the molecule is CN(CCc1cccc(C(F)(F)F)c1)C(=O)C1[C@H]2CN(C3CCC(c4ccccc4)CC3)C[C@@H]12. The van der Waals surface area contributed by atoms with Gasteiger partial charge in [0.05, 0.1) is 5.56 Å². The van der Waals surface area contributed by atoms with Gasteiger partial charge >= 0.3 is 6.18 Å². The van der Waals surface area contributed by atoms with E-state index >= 15 is 0 Å². The summed E-state index contributed by atoms with van der Waals surface area (Å²) >= 11 is 0. The summed E-state index contributed by atoms with van der Waals surface area (Å²) in [7, 11) is 1.78. The topological polar surface area (TPSA) is 23.6 Å². The lowest BCUT2D eigenvalue weighted by atomic mass is 9.81. The van der Waals surface area contributed by atoms with Gasteiger partial charge in [-0.25, -0.2) is 0 Å². The number of carbonyl (C=O) groups excluding carboxylic acids is 1. The largest absolute Gasteiger partial charge is 0.416 e. The molecule has 3 atom stereocenters. The van der Waals surface area contributed by atoms with Crippen molar-refractivity contribution in [3.05, 3.63) is 71.3 Å². The molecule has 2 aromatic rings. The number of likely N-dealkylation sites (N-methyl/N-ethyl adjacent to an activating group) is 1. The first-order chi connectivity index (χ1) is 16.3. The lowest BCUT2D eigenvalue weighted by Gasteiger charge is -2.36. The molecular weight excluding hydrogens is 437 g/mol. The minimum atomic E-state index is -4.34. The monoisotopic (exact) mass is 470 g/mol. The van der Waals surface area contributed by atoms with Crippen LogP contribution >= 0.6 is 0 Å². The second kappa shape index (κ2) is 9.37. The third kappa shape index (κ3) is 4.88. The number of likely N-dealkylation sites (tertiary alicyclic amines) is 1. The predicted octanol–water partition coefficient (Wildman–Crippen LogP) is 5.61. The van der Waals surface area contributed by atoms with Crippen LogP contribution in [0.5, 0.6) is 0 Å². The van der Waals surface area contributed by atoms with Crippen molar-refractivity contribution >= 4 is 5.91 Å². The number of amides is 1. The van der Waals surface area contributed by atoms with E-state index in [1.807, 2.05) is 0 Å². The Balaban J connectivity index is 1.07. The Kier molecular flexibility index (Phi) is 6.45. The number of hydrogen-bond donors (Lipinski definition) is 0. The van der Waals surface area contributed by atoms with Gasteiger partial charge < -0.3 is 4.90 Å². The average Bonchev–Trinajstić information content (AvgIpc) is 3.34. The van der Waals surface area contributed by atoms with Crippen LogP contribution in [0.4, 0.5) is 13.2 Å². The van der Waals surface area contributed by atoms with E-state index in [1.165, 1.54) is 43.4 Å². The van der Waals surface area contributed by atoms with Gasteiger partial charge in [0.1, 0.15) is 0 Å². The highest BCUT2D eigenvalue weighted by Crippen LogP contribution is 2.54. The van der Waals surface area contributed by atoms with Crippen LogP contribution in [-0.4, -0.2) is 48.4 Å². The third-order valence-electron chi connectivity index (χ3n) is 8.36. The normalized spacial score (nSPS) is 29.0. The number of fused-ring (bicyclic) bond motifs is 1. The highest BCUT2D eigenvalue weighted by Gasteiger charge is 2.60. The highest BCUT2D eigenvalue weighted by atomic mass is 19.4. The van der Waals surface area contributed by atoms with Crippen molar-refractivity contribution < 1.29 is 18.0 Å². The lowest BCUT2D eigenvalue weighted by molar-refractivity contribution is -0.137. The summed E-state index contributed by atoms with van der Waals surface area (Å²) < 4.78 is 38.8. The molecule has 1 heterocycles. The van der Waals surface area contributed by atoms with Crippen molar-refractivity contribution in [2.75, 3.05) is 26.7 Å². The van der Waals surface area contributed by atoms with Gasteiger partial charge in [0.25, 0.3) is 0 Å². The van der Waals surface area contributed by atoms with Crippen LogP contribution in [0.15, 0.2) is 54.6 Å². The molecule has 0 spiro atoms. The van der Waals surface area contributed by atoms with Gasteiger partial charge in [-0.2, -0.15) is 13.2 Å². The van der Waals surface area contributed by atoms with Crippen LogP contribution < -0.4 is 0 Å². The minimum Gasteiger partial charge on any atom is -0.345 e. The molecule has 0 radical (unpaired) electrons. The molecule has 6 heteroatoms. The molecule has 2 aromatic carbocycles. The molecular formula is C28H33F3N2O. The van der Waals surface area contributed by atoms with Crippen molar-refractivity contribution in [1.82, 2.24) is 9.80 Å². The molecule has 0 N–H and O–H groups in total. The zero-order chi connectivity index (χ0) is 23.9. The lowest BCUT2D eigenvalue weighted by Crippen LogP contribution is -2.40. The molecule has 5 rings (SSSR count). The number of nitrogens with zero attached hydrogens (tertiary/aromatic N) is 2. The van der Waals surface area contributed by atoms with Crippen LogP contribution in [0, 0.1) is 17.8 Å². The Morgan fingerprint density at radius 3 is 2.29 bits per heavy atom. The van der Waals surface area contributed by atoms with Crippen LogP contribution in [-0.2, 0) is 17.4 Å². The fraction of sp³-hybridized carbons (Fsp3) is 0.536. The summed E-state index contributed by atoms with van der Waals surface area (Å²) in [5.41, 5.74) is 1.44. The third-order valence-corrected chi connectivity index (χ3v) is 8.36. The summed E-state index contributed by atoms with van der Waals surface area (Å²) in [6.07, 6.45) is 1.03. The molecule has 3 aliphatic rings. The Hall–Kier alpha value is -2.34. The van der Waals surface area contributed by atoms with Crippen LogP contribution in [0.25, 0.3) is 0 Å². The molecule has 34 heavy (non-hydrogen) atoms. The number of carbonyl (C=O) groups is 1. The quantitative estimate of drug-likeness (QED) is 0.548. The Morgan fingerprint density at radius 1 is 0.971 bits per heavy atom. The number of hydrogen-bond acceptors (Lipinski definition) is 2. The number of rotatable bonds is 6. The van der Waals surface area contributed by atoms with Crippen molar-refractivity contribution in [2.45, 2.75) is 50.2 Å². The molecule has 0 aromatic heterocycles. The van der Waals surface area contributed by atoms with Crippen molar-refractivity contribution in [2.24, 2.45) is 17.8 Å². The Labute approximate surface area is 199 Å². The van der Waals surface area contributed by atoms with Crippen LogP contribution in [0.2, 0.25) is 0 Å². The van der Waals surface area contributed by atoms with E-state index in [4.69, 9.17) is 0 Å². The first kappa shape index (κ1) is 23.4. The number of benzene rings is 2. The second-order valence-corrected chi connectivity index (χ2v) is 10.4. The second-order valence-electron chi connectivity index (χ2n) is 10.4. The fourth-order valence-electron chi connectivity index (χ4n) is 6.29. The molecule has 1 saturated heterocycles. The summed E-state index contributed by atoms with van der Waals surface area (Å²) in [6, 6.07) is 16.9. The van der Waals surface area contributed by atoms with E-state index in [0.29, 0.717) is 42.3 Å². The zero-order valence-corrected chi connectivity index (χ0v) is 19.7. The fourth-order valence-corrected chi connectivity index (χ4v) is 6.29. The van der Waals surface area contributed by atoms with E-state index in [9.17, 15) is 18.0 Å². The van der Waals surface area contributed by atoms with Crippen molar-refractivity contribution in [3.8, 4) is 0 Å². The van der Waals surface area contributed by atoms with Crippen LogP contribution in [0.1, 0.15) is 48.3 Å². The average molecular weight is 471 g/mol. The van der Waals surface area contributed by atoms with Gasteiger partial charge in [0, 0.05) is 38.6 Å². The van der Waals surface area contributed by atoms with Gasteiger partial charge in [0.2, 0.25) is 5.91 Å². The van der Waals surface area contributed by atoms with Gasteiger partial charge in [0.15, 0.2) is 0 Å². The van der Waals surface area contributed by atoms with E-state index in [2.05, 4.69) is 35.2 Å². The molecule has 2 aliphatic carbocycles. The first-order valence-electron chi connectivity index (χ1n) is 12.5. The summed E-state index contributed by atoms with van der Waals surface area (Å²) in [6.45, 7) is 2.48. The van der Waals surface area contributed by atoms with Gasteiger partial charge in [-0.1, -0.05) is 48.5 Å². The number of halogens is 3. The van der Waals surface area contributed by atoms with E-state index in [1.54, 1.807) is 18.0 Å². The van der Waals surface area contributed by atoms with Gasteiger partial charge in [-0.15, -0.1) is 0 Å². The summed E-state index contributed by atoms with van der Waals surface area (Å²) in [5.74, 6) is 1.85. The molecule has 0 bridgehead atoms. The maximum absolute atomic E-state index is 13.0. The van der Waals surface area contributed by atoms with E-state index < -0.39 is 11.7 Å². The Morgan fingerprint density at radius 2 is 1.65 bits per heavy atom. The molecule has 3 fully saturated rings. The highest BCUT2D eigenvalue weighted by molar-refractivity contribution is 5.82. The summed E-state index contributed by atoms with van der Waals surface area (Å²) in [5, 5.41) is 0. The van der Waals surface area contributed by atoms with Crippen molar-refractivity contribution in [1.29, 1.82) is 0 Å². The minimum absolute atomic E-state index is 0.100. The zero-order valence-electron chi connectivity index (χ0n) is 19.7. The van der Waals surface area contributed by atoms with Gasteiger partial charge in [-0.05, 0) is 67.1 Å². The smallest absolute Gasteiger partial charge is 0.345 e. The van der Waals surface area contributed by atoms with E-state index in [0.717, 1.165) is 19.2 Å². The predicted molar refractivity (Wildman–Crippen MR) is 126 cm³/mol. The molecule has 3 nitrogen and oxygen atoms in total. The van der Waals surface area contributed by atoms with Gasteiger partial charge in [-0.3, -0.25) is 9.69 Å². The first-order valence-corrected chi connectivity index (χ1v) is 12.5. The van der Waals surface area contributed by atoms with E-state index in [-0.39, 0.29) is 11.8 Å². The molecule has 1 amide bonds. The molecule has 1 unspecified atom stereocenters. The van der Waals surface area contributed by atoms with Crippen molar-refractivity contribution in [3.63, 3.8) is 0 Å². The summed E-state index contributed by atoms with van der Waals surface area (Å²) in [4.78, 5) is 17.3. The molecule has 1 aliphatic heterocycles. The molecule has 182 valence electrons. The molecule has 2 saturated carbocycles. The maximum atomic E-state index is 13.0. The maximum Gasteiger partial charge on any atom is 0.416 e. The number of alkyl halides is 3. The Bertz CT molecular complexity index is 988. The van der Waals surface area contributed by atoms with Crippen LogP contribution in [0.3, 0.4) is 0 Å². The standard InChI is InChI=1S/C28H33F3N2O/c1-32(15-14-19-6-5-9-22(16-19)28(29,30)31)27(34)26-24-17-33(18-25(24)26)23-12-10-21(11-13-23)20-7-3-2-4-8-20/h2-9,16,21,23-26H,10-15,17-18H2,1H3/t21?,23?,24-,25+,26?. The number of piperidine rings is 1.